The van der Waals surface area contributed by atoms with Crippen LogP contribution in [0.5, 0.6) is 0 Å². The number of hydrogen-bond donors (Lipinski definition) is 2. The molecule has 0 aromatic heterocycles. The Morgan fingerprint density at radius 1 is 1.00 bits per heavy atom. The summed E-state index contributed by atoms with van der Waals surface area (Å²) < 4.78 is 24.8. The van der Waals surface area contributed by atoms with Gasteiger partial charge in [-0.25, -0.2) is 12.7 Å². The standard InChI is InChI=1S/C14H23N3O2S.C2H6.CH5N/c1-11-9-13(15)12(2)14(10-11)16-5-4-6-17(8-7-16)20(3,18)19;2*1-2/h9-10H,4-8,15H2,1-3H3;1-2H3;2H2,1H3. The molecule has 0 amide bonds. The zero-order valence-electron chi connectivity index (χ0n) is 16.0. The Balaban J connectivity index is 0.00000123. The van der Waals surface area contributed by atoms with E-state index >= 15 is 0 Å². The third kappa shape index (κ3) is 6.30. The molecule has 0 saturated carbocycles. The average molecular weight is 359 g/mol. The van der Waals surface area contributed by atoms with E-state index in [9.17, 15) is 8.42 Å². The Hall–Kier alpha value is -1.31. The summed E-state index contributed by atoms with van der Waals surface area (Å²) in [5, 5.41) is 0. The molecular formula is C17H34N4O2S. The van der Waals surface area contributed by atoms with Gasteiger partial charge in [-0.2, -0.15) is 0 Å². The monoisotopic (exact) mass is 358 g/mol. The summed E-state index contributed by atoms with van der Waals surface area (Å²) in [5.41, 5.74) is 14.7. The number of hydrogen-bond acceptors (Lipinski definition) is 5. The van der Waals surface area contributed by atoms with Gasteiger partial charge >= 0.3 is 0 Å². The molecule has 4 N–H and O–H groups in total. The molecule has 0 unspecified atom stereocenters. The van der Waals surface area contributed by atoms with E-state index in [1.165, 1.54) is 13.3 Å². The maximum atomic E-state index is 11.6. The minimum atomic E-state index is -3.10. The molecule has 140 valence electrons. The van der Waals surface area contributed by atoms with Crippen LogP contribution in [0.15, 0.2) is 12.1 Å². The zero-order chi connectivity index (χ0) is 18.9. The molecule has 0 bridgehead atoms. The molecule has 0 aliphatic carbocycles. The molecule has 0 atom stereocenters. The molecule has 1 aliphatic rings. The molecule has 24 heavy (non-hydrogen) atoms. The molecule has 1 aromatic rings. The van der Waals surface area contributed by atoms with E-state index in [4.69, 9.17) is 5.73 Å². The first kappa shape index (κ1) is 22.7. The smallest absolute Gasteiger partial charge is 0.211 e. The minimum absolute atomic E-state index is 0.534. The number of nitrogens with zero attached hydrogens (tertiary/aromatic N) is 2. The Morgan fingerprint density at radius 3 is 2.12 bits per heavy atom. The van der Waals surface area contributed by atoms with Crippen LogP contribution in [0.1, 0.15) is 31.4 Å². The van der Waals surface area contributed by atoms with Gasteiger partial charge in [0.2, 0.25) is 10.0 Å². The van der Waals surface area contributed by atoms with Crippen LogP contribution >= 0.6 is 0 Å². The number of rotatable bonds is 2. The fourth-order valence-corrected chi connectivity index (χ4v) is 3.54. The van der Waals surface area contributed by atoms with E-state index in [0.29, 0.717) is 19.6 Å². The second kappa shape index (κ2) is 10.5. The molecule has 2 rings (SSSR count). The van der Waals surface area contributed by atoms with E-state index in [-0.39, 0.29) is 0 Å². The van der Waals surface area contributed by atoms with E-state index < -0.39 is 10.0 Å². The van der Waals surface area contributed by atoms with Gasteiger partial charge in [0, 0.05) is 37.6 Å². The highest BCUT2D eigenvalue weighted by Gasteiger charge is 2.22. The second-order valence-electron chi connectivity index (χ2n) is 5.50. The van der Waals surface area contributed by atoms with Crippen molar-refractivity contribution in [3.8, 4) is 0 Å². The van der Waals surface area contributed by atoms with Crippen molar-refractivity contribution in [2.24, 2.45) is 5.73 Å². The van der Waals surface area contributed by atoms with Gasteiger partial charge in [0.25, 0.3) is 0 Å². The third-order valence-corrected chi connectivity index (χ3v) is 5.13. The summed E-state index contributed by atoms with van der Waals surface area (Å²) >= 11 is 0. The van der Waals surface area contributed by atoms with Crippen molar-refractivity contribution in [3.63, 3.8) is 0 Å². The molecule has 1 aromatic carbocycles. The van der Waals surface area contributed by atoms with Crippen LogP contribution in [-0.2, 0) is 10.0 Å². The van der Waals surface area contributed by atoms with Crippen molar-refractivity contribution >= 4 is 21.4 Å². The number of aryl methyl sites for hydroxylation is 1. The molecule has 7 heteroatoms. The Kier molecular flexibility index (Phi) is 9.96. The zero-order valence-corrected chi connectivity index (χ0v) is 16.8. The molecule has 0 radical (unpaired) electrons. The topological polar surface area (TPSA) is 92.7 Å². The predicted octanol–water partition coefficient (Wildman–Crippen LogP) is 1.96. The Morgan fingerprint density at radius 2 is 1.58 bits per heavy atom. The summed E-state index contributed by atoms with van der Waals surface area (Å²) in [6.07, 6.45) is 2.11. The van der Waals surface area contributed by atoms with Crippen LogP contribution in [0.25, 0.3) is 0 Å². The molecule has 0 spiro atoms. The Bertz CT molecular complexity index is 603. The largest absolute Gasteiger partial charge is 0.398 e. The molecular weight excluding hydrogens is 324 g/mol. The summed E-state index contributed by atoms with van der Waals surface area (Å²) in [7, 11) is -1.60. The van der Waals surface area contributed by atoms with Crippen molar-refractivity contribution in [2.45, 2.75) is 34.1 Å². The van der Waals surface area contributed by atoms with Crippen molar-refractivity contribution in [1.82, 2.24) is 4.31 Å². The Labute approximate surface area is 147 Å². The normalized spacial score (nSPS) is 15.5. The first-order valence-corrected chi connectivity index (χ1v) is 10.3. The molecule has 6 nitrogen and oxygen atoms in total. The van der Waals surface area contributed by atoms with Gasteiger partial charge in [-0.05, 0) is 50.6 Å². The van der Waals surface area contributed by atoms with Crippen LogP contribution < -0.4 is 16.4 Å². The molecule has 1 saturated heterocycles. The van der Waals surface area contributed by atoms with Gasteiger partial charge in [-0.3, -0.25) is 0 Å². The second-order valence-corrected chi connectivity index (χ2v) is 7.48. The fourth-order valence-electron chi connectivity index (χ4n) is 2.66. The lowest BCUT2D eigenvalue weighted by molar-refractivity contribution is 0.437. The molecule has 1 heterocycles. The van der Waals surface area contributed by atoms with Gasteiger partial charge < -0.3 is 16.4 Å². The van der Waals surface area contributed by atoms with Crippen LogP contribution in [0.3, 0.4) is 0 Å². The van der Waals surface area contributed by atoms with Gasteiger partial charge in [0.05, 0.1) is 6.26 Å². The van der Waals surface area contributed by atoms with Gasteiger partial charge in [0.1, 0.15) is 0 Å². The summed E-state index contributed by atoms with van der Waals surface area (Å²) in [4.78, 5) is 2.24. The first-order valence-electron chi connectivity index (χ1n) is 8.43. The first-order chi connectivity index (χ1) is 11.3. The maximum Gasteiger partial charge on any atom is 0.211 e. The number of nitrogen functional groups attached to an aromatic ring is 1. The lowest BCUT2D eigenvalue weighted by Crippen LogP contribution is -2.34. The highest BCUT2D eigenvalue weighted by molar-refractivity contribution is 7.88. The fraction of sp³-hybridized carbons (Fsp3) is 0.647. The lowest BCUT2D eigenvalue weighted by Gasteiger charge is -2.26. The SMILES string of the molecule is CC.CN.Cc1cc(N)c(C)c(N2CCCN(S(C)(=O)=O)CC2)c1. The average Bonchev–Trinajstić information content (AvgIpc) is 2.80. The number of sulfonamides is 1. The minimum Gasteiger partial charge on any atom is -0.398 e. The summed E-state index contributed by atoms with van der Waals surface area (Å²) in [6.45, 7) is 10.7. The van der Waals surface area contributed by atoms with Crippen LogP contribution in [-0.4, -0.2) is 52.2 Å². The van der Waals surface area contributed by atoms with E-state index in [1.54, 1.807) is 4.31 Å². The number of anilines is 2. The lowest BCUT2D eigenvalue weighted by atomic mass is 10.1. The summed E-state index contributed by atoms with van der Waals surface area (Å²) in [6, 6.07) is 4.10. The quantitative estimate of drug-likeness (QED) is 0.788. The molecule has 1 fully saturated rings. The van der Waals surface area contributed by atoms with Crippen molar-refractivity contribution < 1.29 is 8.42 Å². The van der Waals surface area contributed by atoms with Crippen molar-refractivity contribution in [1.29, 1.82) is 0 Å². The maximum absolute atomic E-state index is 11.6. The number of nitrogens with two attached hydrogens (primary N) is 2. The highest BCUT2D eigenvalue weighted by atomic mass is 32.2. The van der Waals surface area contributed by atoms with Gasteiger partial charge in [-0.15, -0.1) is 0 Å². The van der Waals surface area contributed by atoms with E-state index in [1.807, 2.05) is 33.8 Å². The van der Waals surface area contributed by atoms with E-state index in [2.05, 4.69) is 16.7 Å². The molecule has 1 aliphatic heterocycles. The highest BCUT2D eigenvalue weighted by Crippen LogP contribution is 2.28. The van der Waals surface area contributed by atoms with Crippen molar-refractivity contribution in [3.05, 3.63) is 23.3 Å². The summed E-state index contributed by atoms with van der Waals surface area (Å²) in [5.74, 6) is 0. The van der Waals surface area contributed by atoms with Crippen LogP contribution in [0.2, 0.25) is 0 Å². The van der Waals surface area contributed by atoms with Crippen LogP contribution in [0, 0.1) is 13.8 Å². The van der Waals surface area contributed by atoms with Gasteiger partial charge in [-0.1, -0.05) is 13.8 Å². The number of benzene rings is 1. The van der Waals surface area contributed by atoms with Crippen molar-refractivity contribution in [2.75, 3.05) is 50.1 Å². The third-order valence-electron chi connectivity index (χ3n) is 3.83. The predicted molar refractivity (Wildman–Crippen MR) is 105 cm³/mol. The van der Waals surface area contributed by atoms with Crippen LogP contribution in [0.4, 0.5) is 11.4 Å². The van der Waals surface area contributed by atoms with E-state index in [0.717, 1.165) is 35.5 Å². The van der Waals surface area contributed by atoms with Gasteiger partial charge in [0.15, 0.2) is 0 Å².